The fraction of sp³-hybridized carbons (Fsp3) is 0.360. The van der Waals surface area contributed by atoms with Crippen molar-refractivity contribution < 1.29 is 18.0 Å². The molecule has 0 atom stereocenters. The molecule has 1 aromatic heterocycles. The molecule has 9 heteroatoms. The SMILES string of the molecule is O=C(CCC(=O)N1CCN(S(=O)(=O)c2ccccc2)CC1)NCCCn1ccc2ccccc21. The number of fused-ring (bicyclic) bond motifs is 1. The van der Waals surface area contributed by atoms with Gasteiger partial charge in [0.2, 0.25) is 21.8 Å². The molecule has 180 valence electrons. The molecule has 1 saturated heterocycles. The van der Waals surface area contributed by atoms with Crippen molar-refractivity contribution in [3.63, 3.8) is 0 Å². The van der Waals surface area contributed by atoms with Crippen LogP contribution in [0.5, 0.6) is 0 Å². The van der Waals surface area contributed by atoms with Gasteiger partial charge in [0.05, 0.1) is 4.90 Å². The minimum Gasteiger partial charge on any atom is -0.356 e. The van der Waals surface area contributed by atoms with Gasteiger partial charge in [-0.3, -0.25) is 9.59 Å². The number of carbonyl (C=O) groups excluding carboxylic acids is 2. The molecule has 2 aromatic carbocycles. The van der Waals surface area contributed by atoms with Crippen LogP contribution in [0.3, 0.4) is 0 Å². The van der Waals surface area contributed by atoms with E-state index in [0.29, 0.717) is 19.6 Å². The van der Waals surface area contributed by atoms with Crippen LogP contribution in [0.25, 0.3) is 10.9 Å². The molecule has 1 aliphatic rings. The number of benzene rings is 2. The topological polar surface area (TPSA) is 91.7 Å². The van der Waals surface area contributed by atoms with Crippen molar-refractivity contribution >= 4 is 32.7 Å². The maximum absolute atomic E-state index is 12.7. The number of piperazine rings is 1. The predicted octanol–water partition coefficient (Wildman–Crippen LogP) is 2.46. The summed E-state index contributed by atoms with van der Waals surface area (Å²) in [4.78, 5) is 26.6. The minimum atomic E-state index is -3.55. The normalized spacial score (nSPS) is 14.9. The molecule has 0 unspecified atom stereocenters. The number of amides is 2. The van der Waals surface area contributed by atoms with Crippen molar-refractivity contribution in [2.45, 2.75) is 30.7 Å². The summed E-state index contributed by atoms with van der Waals surface area (Å²) in [6, 6.07) is 18.6. The zero-order valence-electron chi connectivity index (χ0n) is 19.1. The Hall–Kier alpha value is -3.17. The largest absolute Gasteiger partial charge is 0.356 e. The average Bonchev–Trinajstić information content (AvgIpc) is 3.29. The van der Waals surface area contributed by atoms with Crippen molar-refractivity contribution in [1.29, 1.82) is 0 Å². The fourth-order valence-corrected chi connectivity index (χ4v) is 5.64. The Morgan fingerprint density at radius 2 is 1.56 bits per heavy atom. The van der Waals surface area contributed by atoms with Gasteiger partial charge in [-0.05, 0) is 36.1 Å². The lowest BCUT2D eigenvalue weighted by Gasteiger charge is -2.34. The molecule has 8 nitrogen and oxygen atoms in total. The van der Waals surface area contributed by atoms with E-state index >= 15 is 0 Å². The Morgan fingerprint density at radius 3 is 2.32 bits per heavy atom. The van der Waals surface area contributed by atoms with Crippen molar-refractivity contribution in [3.05, 3.63) is 66.9 Å². The van der Waals surface area contributed by atoms with Gasteiger partial charge < -0.3 is 14.8 Å². The fourth-order valence-electron chi connectivity index (χ4n) is 4.20. The van der Waals surface area contributed by atoms with Crippen molar-refractivity contribution in [2.24, 2.45) is 0 Å². The summed E-state index contributed by atoms with van der Waals surface area (Å²) in [6.45, 7) is 2.53. The van der Waals surface area contributed by atoms with E-state index in [-0.39, 0.29) is 42.6 Å². The van der Waals surface area contributed by atoms with Crippen LogP contribution in [0.15, 0.2) is 71.8 Å². The molecule has 2 heterocycles. The molecule has 1 aliphatic heterocycles. The van der Waals surface area contributed by atoms with E-state index in [1.807, 2.05) is 12.1 Å². The second-order valence-electron chi connectivity index (χ2n) is 8.37. The molecule has 1 N–H and O–H groups in total. The first-order valence-corrected chi connectivity index (χ1v) is 13.0. The van der Waals surface area contributed by atoms with Crippen LogP contribution in [-0.2, 0) is 26.2 Å². The highest BCUT2D eigenvalue weighted by Crippen LogP contribution is 2.18. The van der Waals surface area contributed by atoms with Gasteiger partial charge >= 0.3 is 0 Å². The lowest BCUT2D eigenvalue weighted by atomic mass is 10.2. The van der Waals surface area contributed by atoms with Gasteiger partial charge in [0, 0.05) is 63.8 Å². The van der Waals surface area contributed by atoms with E-state index in [2.05, 4.69) is 34.3 Å². The summed E-state index contributed by atoms with van der Waals surface area (Å²) in [5, 5.41) is 4.08. The molecule has 0 aliphatic carbocycles. The smallest absolute Gasteiger partial charge is 0.243 e. The van der Waals surface area contributed by atoms with E-state index in [4.69, 9.17) is 0 Å². The van der Waals surface area contributed by atoms with E-state index in [1.165, 1.54) is 15.2 Å². The first-order valence-electron chi connectivity index (χ1n) is 11.6. The zero-order chi connectivity index (χ0) is 24.0. The van der Waals surface area contributed by atoms with Crippen molar-refractivity contribution in [1.82, 2.24) is 19.1 Å². The van der Waals surface area contributed by atoms with Crippen LogP contribution in [0, 0.1) is 0 Å². The van der Waals surface area contributed by atoms with E-state index < -0.39 is 10.0 Å². The standard InChI is InChI=1S/C25H30N4O4S/c30-24(26-14-6-15-27-16-13-21-7-4-5-10-23(21)27)11-12-25(31)28-17-19-29(20-18-28)34(32,33)22-8-2-1-3-9-22/h1-5,7-10,13,16H,6,11-12,14-15,17-20H2,(H,26,30). The Balaban J connectivity index is 1.15. The van der Waals surface area contributed by atoms with Crippen LogP contribution < -0.4 is 5.32 Å². The average molecular weight is 483 g/mol. The van der Waals surface area contributed by atoms with E-state index in [9.17, 15) is 18.0 Å². The molecule has 34 heavy (non-hydrogen) atoms. The summed E-state index contributed by atoms with van der Waals surface area (Å²) in [5.41, 5.74) is 1.18. The summed E-state index contributed by atoms with van der Waals surface area (Å²) >= 11 is 0. The summed E-state index contributed by atoms with van der Waals surface area (Å²) in [5.74, 6) is -0.262. The van der Waals surface area contributed by atoms with Gasteiger partial charge in [-0.2, -0.15) is 4.31 Å². The van der Waals surface area contributed by atoms with Gasteiger partial charge in [-0.1, -0.05) is 36.4 Å². The number of rotatable bonds is 9. The number of sulfonamides is 1. The van der Waals surface area contributed by atoms with Crippen molar-refractivity contribution in [2.75, 3.05) is 32.7 Å². The molecule has 1 fully saturated rings. The Morgan fingerprint density at radius 1 is 0.853 bits per heavy atom. The third-order valence-corrected chi connectivity index (χ3v) is 8.03. The van der Waals surface area contributed by atoms with Gasteiger partial charge in [0.15, 0.2) is 0 Å². The molecular formula is C25H30N4O4S. The highest BCUT2D eigenvalue weighted by Gasteiger charge is 2.29. The lowest BCUT2D eigenvalue weighted by Crippen LogP contribution is -2.50. The first-order chi connectivity index (χ1) is 16.4. The van der Waals surface area contributed by atoms with Crippen LogP contribution in [0.1, 0.15) is 19.3 Å². The Kier molecular flexibility index (Phi) is 7.64. The number of aryl methyl sites for hydroxylation is 1. The molecule has 0 spiro atoms. The number of para-hydroxylation sites is 1. The lowest BCUT2D eigenvalue weighted by molar-refractivity contribution is -0.134. The second kappa shape index (κ2) is 10.8. The third-order valence-electron chi connectivity index (χ3n) is 6.12. The highest BCUT2D eigenvalue weighted by atomic mass is 32.2. The number of carbonyl (C=O) groups is 2. The number of aromatic nitrogens is 1. The predicted molar refractivity (Wildman–Crippen MR) is 131 cm³/mol. The first kappa shape index (κ1) is 24.0. The van der Waals surface area contributed by atoms with E-state index in [1.54, 1.807) is 35.2 Å². The Bertz CT molecular complexity index is 1230. The van der Waals surface area contributed by atoms with Gasteiger partial charge in [-0.15, -0.1) is 0 Å². The van der Waals surface area contributed by atoms with Crippen LogP contribution >= 0.6 is 0 Å². The number of hydrogen-bond donors (Lipinski definition) is 1. The quantitative estimate of drug-likeness (QED) is 0.475. The molecule has 0 saturated carbocycles. The second-order valence-corrected chi connectivity index (χ2v) is 10.3. The molecule has 2 amide bonds. The van der Waals surface area contributed by atoms with Gasteiger partial charge in [0.25, 0.3) is 0 Å². The zero-order valence-corrected chi connectivity index (χ0v) is 19.9. The number of nitrogens with zero attached hydrogens (tertiary/aromatic N) is 3. The van der Waals surface area contributed by atoms with Crippen LogP contribution in [0.4, 0.5) is 0 Å². The molecule has 4 rings (SSSR count). The van der Waals surface area contributed by atoms with Gasteiger partial charge in [0.1, 0.15) is 0 Å². The summed E-state index contributed by atoms with van der Waals surface area (Å²) < 4.78 is 29.0. The minimum absolute atomic E-state index is 0.120. The molecule has 3 aromatic rings. The Labute approximate surface area is 200 Å². The molecule has 0 radical (unpaired) electrons. The van der Waals surface area contributed by atoms with Gasteiger partial charge in [-0.25, -0.2) is 8.42 Å². The number of hydrogen-bond acceptors (Lipinski definition) is 4. The highest BCUT2D eigenvalue weighted by molar-refractivity contribution is 7.89. The maximum Gasteiger partial charge on any atom is 0.243 e. The molecule has 0 bridgehead atoms. The molecular weight excluding hydrogens is 452 g/mol. The monoisotopic (exact) mass is 482 g/mol. The maximum atomic E-state index is 12.7. The third kappa shape index (κ3) is 5.66. The van der Waals surface area contributed by atoms with E-state index in [0.717, 1.165) is 13.0 Å². The van der Waals surface area contributed by atoms with Crippen LogP contribution in [-0.4, -0.2) is 66.7 Å². The summed E-state index contributed by atoms with van der Waals surface area (Å²) in [7, 11) is -3.55. The van der Waals surface area contributed by atoms with Crippen LogP contribution in [0.2, 0.25) is 0 Å². The van der Waals surface area contributed by atoms with Crippen molar-refractivity contribution in [3.8, 4) is 0 Å². The number of nitrogens with one attached hydrogen (secondary N) is 1. The summed E-state index contributed by atoms with van der Waals surface area (Å²) in [6.07, 6.45) is 3.11.